The van der Waals surface area contributed by atoms with Crippen LogP contribution in [0.1, 0.15) is 17.5 Å². The smallest absolute Gasteiger partial charge is 0.271 e. The highest BCUT2D eigenvalue weighted by Gasteiger charge is 2.40. The van der Waals surface area contributed by atoms with Gasteiger partial charge in [0.2, 0.25) is 5.91 Å². The Kier molecular flexibility index (Phi) is 4.85. The van der Waals surface area contributed by atoms with Crippen molar-refractivity contribution in [1.29, 1.82) is 0 Å². The molecule has 0 aliphatic carbocycles. The lowest BCUT2D eigenvalue weighted by molar-refractivity contribution is -0.384. The van der Waals surface area contributed by atoms with Gasteiger partial charge in [-0.2, -0.15) is 0 Å². The zero-order valence-electron chi connectivity index (χ0n) is 15.8. The van der Waals surface area contributed by atoms with Crippen LogP contribution in [0.15, 0.2) is 48.7 Å². The van der Waals surface area contributed by atoms with Crippen LogP contribution >= 0.6 is 0 Å². The minimum absolute atomic E-state index is 0.0366. The number of aromatic amines is 1. The molecule has 0 spiro atoms. The normalized spacial score (nSPS) is 16.7. The van der Waals surface area contributed by atoms with E-state index in [1.54, 1.807) is 13.0 Å². The third-order valence-corrected chi connectivity index (χ3v) is 5.25. The third-order valence-electron chi connectivity index (χ3n) is 5.25. The number of aryl methyl sites for hydroxylation is 1. The van der Waals surface area contributed by atoms with Gasteiger partial charge in [0.05, 0.1) is 23.1 Å². The summed E-state index contributed by atoms with van der Waals surface area (Å²) in [7, 11) is 0. The Hall–Kier alpha value is -3.52. The van der Waals surface area contributed by atoms with Crippen LogP contribution in [0.5, 0.6) is 0 Å². The Bertz CT molecular complexity index is 1120. The summed E-state index contributed by atoms with van der Waals surface area (Å²) in [6.45, 7) is 2.25. The van der Waals surface area contributed by atoms with Crippen molar-refractivity contribution in [3.05, 3.63) is 69.9 Å². The standard InChI is InChI=1S/C21H20N4O4/c1-13-6-7-15(25(28)29)10-19(13)24-20(26)11-18(21(24)27)22-9-8-14-12-23-17-5-3-2-4-16(14)17/h2-7,10,12,18,22-23H,8-9,11H2,1H3/t18-/m0/s1. The number of carbonyl (C=O) groups excluding carboxylic acids is 2. The van der Waals surface area contributed by atoms with Crippen LogP contribution in [-0.4, -0.2) is 34.3 Å². The quantitative estimate of drug-likeness (QED) is 0.381. The SMILES string of the molecule is Cc1ccc([N+](=O)[O-])cc1N1C(=O)C[C@H](NCCc2c[nH]c3ccccc23)C1=O. The average Bonchev–Trinajstić information content (AvgIpc) is 3.23. The Morgan fingerprint density at radius 1 is 1.24 bits per heavy atom. The van der Waals surface area contributed by atoms with Gasteiger partial charge >= 0.3 is 0 Å². The first kappa shape index (κ1) is 18.8. The number of hydrogen-bond donors (Lipinski definition) is 2. The van der Waals surface area contributed by atoms with Gasteiger partial charge in [-0.3, -0.25) is 19.7 Å². The van der Waals surface area contributed by atoms with Gasteiger partial charge < -0.3 is 10.3 Å². The summed E-state index contributed by atoms with van der Waals surface area (Å²) in [5.74, 6) is -0.735. The number of nitro benzene ring substituents is 1. The van der Waals surface area contributed by atoms with Gasteiger partial charge in [-0.05, 0) is 30.5 Å². The summed E-state index contributed by atoms with van der Waals surface area (Å²) in [4.78, 5) is 40.1. The Morgan fingerprint density at radius 2 is 2.03 bits per heavy atom. The van der Waals surface area contributed by atoms with Gasteiger partial charge in [0.1, 0.15) is 0 Å². The monoisotopic (exact) mass is 392 g/mol. The number of nitrogens with zero attached hydrogens (tertiary/aromatic N) is 2. The van der Waals surface area contributed by atoms with Crippen LogP contribution in [0, 0.1) is 17.0 Å². The molecule has 0 unspecified atom stereocenters. The van der Waals surface area contributed by atoms with E-state index in [0.717, 1.165) is 21.4 Å². The molecule has 8 heteroatoms. The van der Waals surface area contributed by atoms with Crippen LogP contribution in [0.25, 0.3) is 10.9 Å². The van der Waals surface area contributed by atoms with Crippen molar-refractivity contribution in [3.63, 3.8) is 0 Å². The maximum absolute atomic E-state index is 12.8. The lowest BCUT2D eigenvalue weighted by Crippen LogP contribution is -2.39. The summed E-state index contributed by atoms with van der Waals surface area (Å²) in [6, 6.07) is 11.5. The minimum atomic E-state index is -0.633. The highest BCUT2D eigenvalue weighted by Crippen LogP contribution is 2.30. The lowest BCUT2D eigenvalue weighted by atomic mass is 10.1. The maximum atomic E-state index is 12.8. The number of rotatable bonds is 6. The number of fused-ring (bicyclic) bond motifs is 1. The van der Waals surface area contributed by atoms with Crippen molar-refractivity contribution >= 4 is 34.1 Å². The van der Waals surface area contributed by atoms with E-state index in [-0.39, 0.29) is 29.6 Å². The molecule has 148 valence electrons. The topological polar surface area (TPSA) is 108 Å². The van der Waals surface area contributed by atoms with Gasteiger partial charge in [0.15, 0.2) is 0 Å². The fourth-order valence-corrected chi connectivity index (χ4v) is 3.72. The highest BCUT2D eigenvalue weighted by molar-refractivity contribution is 6.22. The largest absolute Gasteiger partial charge is 0.361 e. The molecule has 4 rings (SSSR count). The fraction of sp³-hybridized carbons (Fsp3) is 0.238. The number of nitro groups is 1. The number of hydrogen-bond acceptors (Lipinski definition) is 5. The molecule has 1 saturated heterocycles. The van der Waals surface area contributed by atoms with Crippen molar-refractivity contribution in [2.45, 2.75) is 25.8 Å². The van der Waals surface area contributed by atoms with Crippen molar-refractivity contribution < 1.29 is 14.5 Å². The Balaban J connectivity index is 1.46. The van der Waals surface area contributed by atoms with Crippen LogP contribution in [0.2, 0.25) is 0 Å². The lowest BCUT2D eigenvalue weighted by Gasteiger charge is -2.17. The van der Waals surface area contributed by atoms with Crippen molar-refractivity contribution in [1.82, 2.24) is 10.3 Å². The molecule has 2 aromatic carbocycles. The molecule has 1 aliphatic heterocycles. The van der Waals surface area contributed by atoms with E-state index in [1.807, 2.05) is 30.5 Å². The maximum Gasteiger partial charge on any atom is 0.271 e. The van der Waals surface area contributed by atoms with Crippen LogP contribution in [0.4, 0.5) is 11.4 Å². The molecule has 0 bridgehead atoms. The molecule has 29 heavy (non-hydrogen) atoms. The summed E-state index contributed by atoms with van der Waals surface area (Å²) < 4.78 is 0. The van der Waals surface area contributed by atoms with Crippen LogP contribution in [0.3, 0.4) is 0 Å². The molecular formula is C21H20N4O4. The van der Waals surface area contributed by atoms with E-state index in [4.69, 9.17) is 0 Å². The van der Waals surface area contributed by atoms with Gasteiger partial charge in [0.25, 0.3) is 11.6 Å². The molecule has 8 nitrogen and oxygen atoms in total. The second-order valence-corrected chi connectivity index (χ2v) is 7.12. The first-order valence-electron chi connectivity index (χ1n) is 9.36. The van der Waals surface area contributed by atoms with Crippen molar-refractivity contribution in [3.8, 4) is 0 Å². The number of imide groups is 1. The molecule has 2 N–H and O–H groups in total. The predicted octanol–water partition coefficient (Wildman–Crippen LogP) is 2.85. The molecule has 1 aliphatic rings. The molecular weight excluding hydrogens is 372 g/mol. The van der Waals surface area contributed by atoms with E-state index in [1.165, 1.54) is 12.1 Å². The zero-order chi connectivity index (χ0) is 20.5. The zero-order valence-corrected chi connectivity index (χ0v) is 15.8. The number of anilines is 1. The second kappa shape index (κ2) is 7.48. The molecule has 3 aromatic rings. The third kappa shape index (κ3) is 3.50. The number of nitrogens with one attached hydrogen (secondary N) is 2. The van der Waals surface area contributed by atoms with E-state index < -0.39 is 11.0 Å². The highest BCUT2D eigenvalue weighted by atomic mass is 16.6. The average molecular weight is 392 g/mol. The Morgan fingerprint density at radius 3 is 2.83 bits per heavy atom. The summed E-state index contributed by atoms with van der Waals surface area (Å²) in [5.41, 5.74) is 2.95. The van der Waals surface area contributed by atoms with E-state index in [2.05, 4.69) is 10.3 Å². The molecule has 2 heterocycles. The number of benzene rings is 2. The van der Waals surface area contributed by atoms with Gasteiger partial charge in [-0.15, -0.1) is 0 Å². The number of carbonyl (C=O) groups is 2. The molecule has 2 amide bonds. The van der Waals surface area contributed by atoms with E-state index >= 15 is 0 Å². The summed E-state index contributed by atoms with van der Waals surface area (Å²) in [5, 5.41) is 15.4. The van der Waals surface area contributed by atoms with Crippen LogP contribution < -0.4 is 10.2 Å². The minimum Gasteiger partial charge on any atom is -0.361 e. The molecule has 1 atom stereocenters. The summed E-state index contributed by atoms with van der Waals surface area (Å²) >= 11 is 0. The van der Waals surface area contributed by atoms with Gasteiger partial charge in [-0.25, -0.2) is 4.90 Å². The number of amides is 2. The van der Waals surface area contributed by atoms with E-state index in [0.29, 0.717) is 18.5 Å². The first-order valence-corrected chi connectivity index (χ1v) is 9.36. The van der Waals surface area contributed by atoms with Gasteiger partial charge in [-0.1, -0.05) is 24.3 Å². The van der Waals surface area contributed by atoms with Crippen molar-refractivity contribution in [2.75, 3.05) is 11.4 Å². The molecule has 1 aromatic heterocycles. The Labute approximate surface area is 166 Å². The van der Waals surface area contributed by atoms with Crippen molar-refractivity contribution in [2.24, 2.45) is 0 Å². The fourth-order valence-electron chi connectivity index (χ4n) is 3.72. The second-order valence-electron chi connectivity index (χ2n) is 7.12. The van der Waals surface area contributed by atoms with Gasteiger partial charge in [0, 0.05) is 35.8 Å². The number of para-hydroxylation sites is 1. The molecule has 0 saturated carbocycles. The number of H-pyrrole nitrogens is 1. The van der Waals surface area contributed by atoms with Crippen LogP contribution in [-0.2, 0) is 16.0 Å². The molecule has 1 fully saturated rings. The number of aromatic nitrogens is 1. The summed E-state index contributed by atoms with van der Waals surface area (Å²) in [6.07, 6.45) is 2.69. The number of non-ortho nitro benzene ring substituents is 1. The molecule has 0 radical (unpaired) electrons. The first-order chi connectivity index (χ1) is 14.0. The van der Waals surface area contributed by atoms with E-state index in [9.17, 15) is 19.7 Å². The predicted molar refractivity (Wildman–Crippen MR) is 109 cm³/mol.